The molecule has 0 spiro atoms. The van der Waals surface area contributed by atoms with Crippen LogP contribution in [0, 0.1) is 0 Å². The number of rotatable bonds is 4. The van der Waals surface area contributed by atoms with Gasteiger partial charge in [0.2, 0.25) is 26.2 Å². The largest absolute Gasteiger partial charge is 0.375 e. The quantitative estimate of drug-likeness (QED) is 0.672. The SMILES string of the molecule is C[C@H]1OCCN[C@@H]1C(=O)Nc1nnc(NS(C)(=O)=O)s1.Cl. The monoisotopic (exact) mass is 357 g/mol. The third-order valence-corrected chi connectivity index (χ3v) is 3.97. The summed E-state index contributed by atoms with van der Waals surface area (Å²) < 4.78 is 29.6. The summed E-state index contributed by atoms with van der Waals surface area (Å²) in [6, 6.07) is -0.473. The van der Waals surface area contributed by atoms with Crippen molar-refractivity contribution in [2.24, 2.45) is 0 Å². The first-order valence-electron chi connectivity index (χ1n) is 5.82. The van der Waals surface area contributed by atoms with Crippen molar-refractivity contribution in [1.82, 2.24) is 15.5 Å². The number of nitrogens with one attached hydrogen (secondary N) is 3. The zero-order valence-electron chi connectivity index (χ0n) is 11.3. The van der Waals surface area contributed by atoms with Crippen LogP contribution in [0.15, 0.2) is 0 Å². The molecule has 0 bridgehead atoms. The minimum atomic E-state index is -3.41. The highest BCUT2D eigenvalue weighted by Crippen LogP contribution is 2.21. The molecule has 9 nitrogen and oxygen atoms in total. The van der Waals surface area contributed by atoms with Crippen molar-refractivity contribution in [2.75, 3.05) is 29.4 Å². The van der Waals surface area contributed by atoms with Crippen molar-refractivity contribution < 1.29 is 17.9 Å². The topological polar surface area (TPSA) is 122 Å². The number of carbonyl (C=O) groups is 1. The molecule has 1 aliphatic heterocycles. The van der Waals surface area contributed by atoms with Crippen molar-refractivity contribution in [2.45, 2.75) is 19.1 Å². The minimum absolute atomic E-state index is 0. The molecule has 0 aliphatic carbocycles. The second-order valence-corrected chi connectivity index (χ2v) is 7.01. The first kappa shape index (κ1) is 18.0. The molecule has 1 amide bonds. The van der Waals surface area contributed by atoms with Crippen molar-refractivity contribution >= 4 is 49.9 Å². The Morgan fingerprint density at radius 3 is 2.71 bits per heavy atom. The van der Waals surface area contributed by atoms with Crippen molar-refractivity contribution in [1.29, 1.82) is 0 Å². The van der Waals surface area contributed by atoms with Gasteiger partial charge in [-0.1, -0.05) is 11.3 Å². The van der Waals surface area contributed by atoms with Crippen LogP contribution < -0.4 is 15.4 Å². The molecular weight excluding hydrogens is 342 g/mol. The van der Waals surface area contributed by atoms with Gasteiger partial charge in [0.05, 0.1) is 19.0 Å². The van der Waals surface area contributed by atoms with Crippen LogP contribution in [0.4, 0.5) is 10.3 Å². The van der Waals surface area contributed by atoms with E-state index in [0.717, 1.165) is 17.6 Å². The summed E-state index contributed by atoms with van der Waals surface area (Å²) in [5.41, 5.74) is 0. The zero-order valence-corrected chi connectivity index (χ0v) is 13.8. The predicted molar refractivity (Wildman–Crippen MR) is 81.5 cm³/mol. The summed E-state index contributed by atoms with van der Waals surface area (Å²) in [5, 5.41) is 13.3. The van der Waals surface area contributed by atoms with Gasteiger partial charge in [-0.25, -0.2) is 8.42 Å². The summed E-state index contributed by atoms with van der Waals surface area (Å²) in [6.45, 7) is 2.96. The summed E-state index contributed by atoms with van der Waals surface area (Å²) in [7, 11) is -3.41. The van der Waals surface area contributed by atoms with Gasteiger partial charge in [-0.15, -0.1) is 22.6 Å². The number of aromatic nitrogens is 2. The molecule has 0 unspecified atom stereocenters. The number of halogens is 1. The molecule has 1 aromatic heterocycles. The lowest BCUT2D eigenvalue weighted by atomic mass is 10.1. The van der Waals surface area contributed by atoms with E-state index in [0.29, 0.717) is 13.2 Å². The van der Waals surface area contributed by atoms with Crippen molar-refractivity contribution in [3.63, 3.8) is 0 Å². The molecule has 2 heterocycles. The number of sulfonamides is 1. The zero-order chi connectivity index (χ0) is 14.8. The lowest BCUT2D eigenvalue weighted by Crippen LogP contribution is -2.53. The summed E-state index contributed by atoms with van der Waals surface area (Å²) in [6.07, 6.45) is 0.766. The number of morpholine rings is 1. The number of hydrogen-bond acceptors (Lipinski definition) is 8. The van der Waals surface area contributed by atoms with E-state index in [1.807, 2.05) is 0 Å². The molecule has 0 aromatic carbocycles. The molecule has 0 saturated carbocycles. The fourth-order valence-electron chi connectivity index (χ4n) is 1.68. The Kier molecular flexibility index (Phi) is 6.28. The Morgan fingerprint density at radius 1 is 1.43 bits per heavy atom. The number of amides is 1. The van der Waals surface area contributed by atoms with E-state index in [-0.39, 0.29) is 34.7 Å². The normalized spacial score (nSPS) is 22.2. The fourth-order valence-corrected chi connectivity index (χ4v) is 3.16. The van der Waals surface area contributed by atoms with Gasteiger partial charge in [0, 0.05) is 6.54 Å². The van der Waals surface area contributed by atoms with Gasteiger partial charge in [-0.05, 0) is 6.92 Å². The second-order valence-electron chi connectivity index (χ2n) is 4.28. The molecule has 2 rings (SSSR count). The van der Waals surface area contributed by atoms with Gasteiger partial charge in [0.15, 0.2) is 0 Å². The lowest BCUT2D eigenvalue weighted by Gasteiger charge is -2.28. The maximum absolute atomic E-state index is 12.0. The van der Waals surface area contributed by atoms with Gasteiger partial charge >= 0.3 is 0 Å². The highest BCUT2D eigenvalue weighted by Gasteiger charge is 2.29. The highest BCUT2D eigenvalue weighted by molar-refractivity contribution is 7.92. The highest BCUT2D eigenvalue weighted by atomic mass is 35.5. The maximum atomic E-state index is 12.0. The van der Waals surface area contributed by atoms with Crippen molar-refractivity contribution in [3.05, 3.63) is 0 Å². The van der Waals surface area contributed by atoms with Crippen LogP contribution in [0.1, 0.15) is 6.92 Å². The molecule has 1 aromatic rings. The van der Waals surface area contributed by atoms with Crippen LogP contribution in [0.25, 0.3) is 0 Å². The van der Waals surface area contributed by atoms with Gasteiger partial charge in [0.1, 0.15) is 6.04 Å². The number of carbonyl (C=O) groups excluding carboxylic acids is 1. The summed E-state index contributed by atoms with van der Waals surface area (Å²) >= 11 is 0.940. The van der Waals surface area contributed by atoms with E-state index in [1.165, 1.54) is 0 Å². The van der Waals surface area contributed by atoms with Crippen LogP contribution in [-0.4, -0.2) is 56.1 Å². The first-order chi connectivity index (χ1) is 9.35. The van der Waals surface area contributed by atoms with Crippen LogP contribution in [0.5, 0.6) is 0 Å². The molecule has 0 radical (unpaired) electrons. The van der Waals surface area contributed by atoms with E-state index < -0.39 is 16.1 Å². The number of ether oxygens (including phenoxy) is 1. The molecule has 1 fully saturated rings. The summed E-state index contributed by atoms with van der Waals surface area (Å²) in [4.78, 5) is 12.0. The Morgan fingerprint density at radius 2 is 2.10 bits per heavy atom. The molecule has 1 aliphatic rings. The minimum Gasteiger partial charge on any atom is -0.375 e. The molecular formula is C9H16ClN5O4S2. The second kappa shape index (κ2) is 7.31. The third kappa shape index (κ3) is 5.36. The predicted octanol–water partition coefficient (Wildman–Crippen LogP) is -0.353. The third-order valence-electron chi connectivity index (χ3n) is 2.53. The fraction of sp³-hybridized carbons (Fsp3) is 0.667. The number of hydrogen-bond donors (Lipinski definition) is 3. The van der Waals surface area contributed by atoms with E-state index in [9.17, 15) is 13.2 Å². The summed E-state index contributed by atoms with van der Waals surface area (Å²) in [5.74, 6) is -0.292. The van der Waals surface area contributed by atoms with Gasteiger partial charge in [-0.2, -0.15) is 0 Å². The molecule has 2 atom stereocenters. The Hall–Kier alpha value is -1.01. The average molecular weight is 358 g/mol. The molecule has 21 heavy (non-hydrogen) atoms. The van der Waals surface area contributed by atoms with E-state index in [1.54, 1.807) is 6.92 Å². The average Bonchev–Trinajstić information content (AvgIpc) is 2.74. The van der Waals surface area contributed by atoms with Gasteiger partial charge in [-0.3, -0.25) is 14.8 Å². The van der Waals surface area contributed by atoms with Gasteiger partial charge < -0.3 is 10.1 Å². The molecule has 3 N–H and O–H groups in total. The van der Waals surface area contributed by atoms with E-state index >= 15 is 0 Å². The van der Waals surface area contributed by atoms with Crippen LogP contribution in [-0.2, 0) is 19.6 Å². The Bertz CT molecular complexity index is 593. The van der Waals surface area contributed by atoms with Crippen LogP contribution in [0.3, 0.4) is 0 Å². The number of nitrogens with zero attached hydrogens (tertiary/aromatic N) is 2. The standard InChI is InChI=1S/C9H15N5O4S2.ClH/c1-5-6(10-3-4-18-5)7(15)11-8-12-13-9(19-8)14-20(2,16)17;/h5-6,10H,3-4H2,1-2H3,(H,13,14)(H,11,12,15);1H/t5-,6+;/m1./s1. The van der Waals surface area contributed by atoms with E-state index in [4.69, 9.17) is 4.74 Å². The lowest BCUT2D eigenvalue weighted by molar-refractivity contribution is -0.123. The Labute approximate surface area is 132 Å². The molecule has 12 heteroatoms. The first-order valence-corrected chi connectivity index (χ1v) is 8.53. The van der Waals surface area contributed by atoms with Crippen LogP contribution >= 0.6 is 23.7 Å². The van der Waals surface area contributed by atoms with Gasteiger partial charge in [0.25, 0.3) is 0 Å². The molecule has 120 valence electrons. The Balaban J connectivity index is 0.00000220. The maximum Gasteiger partial charge on any atom is 0.246 e. The smallest absolute Gasteiger partial charge is 0.246 e. The van der Waals surface area contributed by atoms with E-state index in [2.05, 4.69) is 25.6 Å². The number of anilines is 2. The van der Waals surface area contributed by atoms with Crippen molar-refractivity contribution in [3.8, 4) is 0 Å². The molecule has 1 saturated heterocycles. The van der Waals surface area contributed by atoms with Crippen LogP contribution in [0.2, 0.25) is 0 Å².